The van der Waals surface area contributed by atoms with Crippen molar-refractivity contribution >= 4 is 18.7 Å². The summed E-state index contributed by atoms with van der Waals surface area (Å²) < 4.78 is 4.76. The van der Waals surface area contributed by atoms with Gasteiger partial charge in [-0.05, 0) is 12.8 Å². The average molecular weight is 147 g/mol. The number of nitrogens with two attached hydrogens (primary N) is 1. The third kappa shape index (κ3) is 1.51. The van der Waals surface area contributed by atoms with E-state index in [1.54, 1.807) is 0 Å². The molecule has 3 nitrogen and oxygen atoms in total. The summed E-state index contributed by atoms with van der Waals surface area (Å²) in [5.74, 6) is 0.579. The number of hydrogen-bond donors (Lipinski definition) is 2. The molecule has 0 aliphatic heterocycles. The summed E-state index contributed by atoms with van der Waals surface area (Å²) in [5, 5.41) is 0. The summed E-state index contributed by atoms with van der Waals surface area (Å²) in [7, 11) is 0. The minimum atomic E-state index is -0.693. The Morgan fingerprint density at radius 3 is 2.44 bits per heavy atom. The van der Waals surface area contributed by atoms with Crippen molar-refractivity contribution < 1.29 is 9.53 Å². The fourth-order valence-corrected chi connectivity index (χ4v) is 1.03. The van der Waals surface area contributed by atoms with Gasteiger partial charge in [0.2, 0.25) is 0 Å². The topological polar surface area (TPSA) is 52.3 Å². The largest absolute Gasteiger partial charge is 0.442 e. The van der Waals surface area contributed by atoms with E-state index in [0.717, 1.165) is 12.8 Å². The molecule has 0 saturated heterocycles. The first-order valence-corrected chi connectivity index (χ1v) is 3.41. The summed E-state index contributed by atoms with van der Waals surface area (Å²) in [6, 6.07) is 0. The maximum Gasteiger partial charge on any atom is 0.405 e. The third-order valence-corrected chi connectivity index (χ3v) is 1.99. The van der Waals surface area contributed by atoms with Crippen LogP contribution in [-0.2, 0) is 4.74 Å². The zero-order valence-electron chi connectivity index (χ0n) is 4.96. The Labute approximate surface area is 59.0 Å². The lowest BCUT2D eigenvalue weighted by molar-refractivity contribution is 0.105. The van der Waals surface area contributed by atoms with Gasteiger partial charge in [-0.15, -0.1) is 0 Å². The first-order chi connectivity index (χ1) is 4.18. The Morgan fingerprint density at radius 1 is 1.78 bits per heavy atom. The van der Waals surface area contributed by atoms with Crippen LogP contribution in [0.2, 0.25) is 0 Å². The Hall–Kier alpha value is -0.380. The Balaban J connectivity index is 2.33. The van der Waals surface area contributed by atoms with Crippen molar-refractivity contribution in [2.75, 3.05) is 5.75 Å². The van der Waals surface area contributed by atoms with Crippen LogP contribution in [0.1, 0.15) is 12.8 Å². The van der Waals surface area contributed by atoms with E-state index in [1.807, 2.05) is 0 Å². The predicted molar refractivity (Wildman–Crippen MR) is 36.5 cm³/mol. The molecule has 1 saturated carbocycles. The lowest BCUT2D eigenvalue weighted by Gasteiger charge is -2.09. The second-order valence-corrected chi connectivity index (χ2v) is 2.58. The number of carbonyl (C=O) groups excluding carboxylic acids is 1. The van der Waals surface area contributed by atoms with Gasteiger partial charge in [0.05, 0.1) is 0 Å². The minimum Gasteiger partial charge on any atom is -0.442 e. The maximum atomic E-state index is 10.2. The molecule has 0 aromatic heterocycles. The number of ether oxygens (including phenoxy) is 1. The van der Waals surface area contributed by atoms with Crippen LogP contribution in [0, 0.1) is 0 Å². The number of carbonyl (C=O) groups is 1. The normalized spacial score (nSPS) is 21.0. The molecule has 0 aromatic carbocycles. The van der Waals surface area contributed by atoms with Gasteiger partial charge in [0.15, 0.2) is 0 Å². The van der Waals surface area contributed by atoms with Crippen molar-refractivity contribution in [2.24, 2.45) is 5.73 Å². The van der Waals surface area contributed by atoms with Gasteiger partial charge in [0.1, 0.15) is 5.60 Å². The maximum absolute atomic E-state index is 10.2. The summed E-state index contributed by atoms with van der Waals surface area (Å²) in [6.45, 7) is 0. The molecule has 0 spiro atoms. The highest BCUT2D eigenvalue weighted by molar-refractivity contribution is 7.80. The van der Waals surface area contributed by atoms with Crippen LogP contribution in [0.25, 0.3) is 0 Å². The quantitative estimate of drug-likeness (QED) is 0.560. The molecule has 1 amide bonds. The molecule has 1 rings (SSSR count). The van der Waals surface area contributed by atoms with Gasteiger partial charge in [0, 0.05) is 5.75 Å². The van der Waals surface area contributed by atoms with Crippen LogP contribution in [-0.4, -0.2) is 17.4 Å². The highest BCUT2D eigenvalue weighted by atomic mass is 32.1. The molecule has 0 radical (unpaired) electrons. The van der Waals surface area contributed by atoms with Gasteiger partial charge < -0.3 is 10.5 Å². The number of hydrogen-bond acceptors (Lipinski definition) is 3. The molecule has 1 aliphatic rings. The van der Waals surface area contributed by atoms with Crippen LogP contribution in [0.3, 0.4) is 0 Å². The van der Waals surface area contributed by atoms with Crippen LogP contribution in [0.4, 0.5) is 4.79 Å². The number of primary amides is 1. The molecule has 0 atom stereocenters. The highest BCUT2D eigenvalue weighted by Gasteiger charge is 2.45. The van der Waals surface area contributed by atoms with Gasteiger partial charge >= 0.3 is 6.09 Å². The second-order valence-electron chi connectivity index (χ2n) is 2.26. The van der Waals surface area contributed by atoms with Gasteiger partial charge in [-0.3, -0.25) is 0 Å². The van der Waals surface area contributed by atoms with Crippen molar-refractivity contribution in [3.8, 4) is 0 Å². The predicted octanol–water partition coefficient (Wildman–Crippen LogP) is 0.544. The van der Waals surface area contributed by atoms with Crippen LogP contribution < -0.4 is 5.73 Å². The van der Waals surface area contributed by atoms with E-state index < -0.39 is 6.09 Å². The zero-order chi connectivity index (χ0) is 6.91. The zero-order valence-corrected chi connectivity index (χ0v) is 5.86. The van der Waals surface area contributed by atoms with E-state index in [2.05, 4.69) is 12.6 Å². The van der Waals surface area contributed by atoms with Gasteiger partial charge in [-0.2, -0.15) is 12.6 Å². The van der Waals surface area contributed by atoms with Crippen LogP contribution >= 0.6 is 12.6 Å². The van der Waals surface area contributed by atoms with Gasteiger partial charge in [0.25, 0.3) is 0 Å². The van der Waals surface area contributed by atoms with Crippen molar-refractivity contribution in [3.05, 3.63) is 0 Å². The summed E-state index contributed by atoms with van der Waals surface area (Å²) in [6.07, 6.45) is 1.11. The molecule has 0 heterocycles. The van der Waals surface area contributed by atoms with E-state index in [0.29, 0.717) is 5.75 Å². The lowest BCUT2D eigenvalue weighted by atomic mass is 10.4. The van der Waals surface area contributed by atoms with E-state index in [1.165, 1.54) is 0 Å². The molecule has 1 aliphatic carbocycles. The fourth-order valence-electron chi connectivity index (χ4n) is 0.645. The average Bonchev–Trinajstić information content (AvgIpc) is 2.48. The molecule has 52 valence electrons. The molecule has 0 aromatic rings. The molecule has 4 heteroatoms. The number of thiol groups is 1. The SMILES string of the molecule is NC(=O)OC1(CS)CC1. The van der Waals surface area contributed by atoms with Crippen molar-refractivity contribution in [1.29, 1.82) is 0 Å². The Bertz CT molecular complexity index is 133. The number of amides is 1. The summed E-state index contributed by atoms with van der Waals surface area (Å²) >= 11 is 4.01. The number of rotatable bonds is 2. The van der Waals surface area contributed by atoms with E-state index in [9.17, 15) is 4.79 Å². The standard InChI is InChI=1S/C5H9NO2S/c6-4(7)8-5(3-9)1-2-5/h9H,1-3H2,(H2,6,7). The van der Waals surface area contributed by atoms with Crippen molar-refractivity contribution in [3.63, 3.8) is 0 Å². The monoisotopic (exact) mass is 147 g/mol. The molecule has 0 unspecified atom stereocenters. The molecule has 2 N–H and O–H groups in total. The van der Waals surface area contributed by atoms with Gasteiger partial charge in [-0.25, -0.2) is 4.79 Å². The van der Waals surface area contributed by atoms with E-state index in [-0.39, 0.29) is 5.60 Å². The molecular weight excluding hydrogens is 138 g/mol. The Morgan fingerprint density at radius 2 is 2.33 bits per heavy atom. The van der Waals surface area contributed by atoms with Crippen LogP contribution in [0.15, 0.2) is 0 Å². The highest BCUT2D eigenvalue weighted by Crippen LogP contribution is 2.40. The van der Waals surface area contributed by atoms with Crippen molar-refractivity contribution in [1.82, 2.24) is 0 Å². The first kappa shape index (κ1) is 6.74. The summed E-state index contributed by atoms with van der Waals surface area (Å²) in [5.41, 5.74) is 4.50. The first-order valence-electron chi connectivity index (χ1n) is 2.78. The third-order valence-electron chi connectivity index (χ3n) is 1.41. The van der Waals surface area contributed by atoms with Crippen molar-refractivity contribution in [2.45, 2.75) is 18.4 Å². The molecule has 0 bridgehead atoms. The molecular formula is C5H9NO2S. The van der Waals surface area contributed by atoms with E-state index >= 15 is 0 Å². The lowest BCUT2D eigenvalue weighted by Crippen LogP contribution is -2.25. The van der Waals surface area contributed by atoms with Gasteiger partial charge in [-0.1, -0.05) is 0 Å². The molecule has 9 heavy (non-hydrogen) atoms. The molecule has 1 fully saturated rings. The smallest absolute Gasteiger partial charge is 0.405 e. The van der Waals surface area contributed by atoms with Crippen LogP contribution in [0.5, 0.6) is 0 Å². The fraction of sp³-hybridized carbons (Fsp3) is 0.800. The second kappa shape index (κ2) is 2.10. The van der Waals surface area contributed by atoms with E-state index in [4.69, 9.17) is 10.5 Å². The minimum absolute atomic E-state index is 0.297. The summed E-state index contributed by atoms with van der Waals surface area (Å²) in [4.78, 5) is 10.2. The Kier molecular flexibility index (Phi) is 1.57.